The summed E-state index contributed by atoms with van der Waals surface area (Å²) in [5.41, 5.74) is 4.11. The first-order valence-electron chi connectivity index (χ1n) is 9.38. The van der Waals surface area contributed by atoms with Crippen molar-refractivity contribution in [3.63, 3.8) is 0 Å². The standard InChI is InChI=1S/C22H24N2O5S/c1-5-28-20-12-21-19(15(3)13-29-21)11-18(20)14(2)9-22(25)23-16-7-6-8-17(10-16)24-30(4,26)27/h6-13,24H,5H2,1-4H3,(H,23,25)/b14-9+. The number of furan rings is 1. The molecule has 3 rings (SSSR count). The van der Waals surface area contributed by atoms with E-state index in [-0.39, 0.29) is 5.91 Å². The van der Waals surface area contributed by atoms with Crippen molar-refractivity contribution >= 4 is 43.8 Å². The van der Waals surface area contributed by atoms with Gasteiger partial charge in [0.1, 0.15) is 11.3 Å². The van der Waals surface area contributed by atoms with Crippen molar-refractivity contribution in [2.24, 2.45) is 0 Å². The molecular formula is C22H24N2O5S. The summed E-state index contributed by atoms with van der Waals surface area (Å²) < 4.78 is 36.5. The first-order valence-corrected chi connectivity index (χ1v) is 11.3. The lowest BCUT2D eigenvalue weighted by molar-refractivity contribution is -0.111. The van der Waals surface area contributed by atoms with Crippen LogP contribution >= 0.6 is 0 Å². The number of ether oxygens (including phenoxy) is 1. The van der Waals surface area contributed by atoms with Crippen LogP contribution in [0.25, 0.3) is 16.5 Å². The molecule has 0 aliphatic rings. The van der Waals surface area contributed by atoms with Crippen molar-refractivity contribution in [3.8, 4) is 5.75 Å². The number of sulfonamides is 1. The van der Waals surface area contributed by atoms with Crippen LogP contribution in [0.4, 0.5) is 11.4 Å². The van der Waals surface area contributed by atoms with Gasteiger partial charge in [-0.3, -0.25) is 9.52 Å². The molecule has 0 atom stereocenters. The molecule has 158 valence electrons. The number of nitrogens with one attached hydrogen (secondary N) is 2. The molecular weight excluding hydrogens is 404 g/mol. The predicted octanol–water partition coefficient (Wildman–Crippen LogP) is 4.55. The van der Waals surface area contributed by atoms with E-state index in [1.807, 2.05) is 32.9 Å². The molecule has 0 aliphatic heterocycles. The van der Waals surface area contributed by atoms with Crippen LogP contribution in [0.3, 0.4) is 0 Å². The van der Waals surface area contributed by atoms with Gasteiger partial charge in [0.25, 0.3) is 0 Å². The number of hydrogen-bond acceptors (Lipinski definition) is 5. The lowest BCUT2D eigenvalue weighted by Gasteiger charge is -2.12. The van der Waals surface area contributed by atoms with Crippen LogP contribution < -0.4 is 14.8 Å². The number of carbonyl (C=O) groups is 1. The van der Waals surface area contributed by atoms with Crippen molar-refractivity contribution in [2.45, 2.75) is 20.8 Å². The first kappa shape index (κ1) is 21.4. The summed E-state index contributed by atoms with van der Waals surface area (Å²) in [6, 6.07) is 10.3. The molecule has 2 N–H and O–H groups in total. The van der Waals surface area contributed by atoms with Gasteiger partial charge in [-0.05, 0) is 56.2 Å². The van der Waals surface area contributed by atoms with Gasteiger partial charge >= 0.3 is 0 Å². The molecule has 0 fully saturated rings. The van der Waals surface area contributed by atoms with Gasteiger partial charge in [0, 0.05) is 28.8 Å². The second-order valence-corrected chi connectivity index (χ2v) is 8.72. The average Bonchev–Trinajstić information content (AvgIpc) is 3.00. The van der Waals surface area contributed by atoms with Crippen LogP contribution in [0.2, 0.25) is 0 Å². The van der Waals surface area contributed by atoms with Crippen molar-refractivity contribution in [1.29, 1.82) is 0 Å². The van der Waals surface area contributed by atoms with Gasteiger partial charge in [0.2, 0.25) is 15.9 Å². The fourth-order valence-corrected chi connectivity index (χ4v) is 3.65. The summed E-state index contributed by atoms with van der Waals surface area (Å²) >= 11 is 0. The van der Waals surface area contributed by atoms with Crippen LogP contribution in [0.15, 0.2) is 53.2 Å². The zero-order chi connectivity index (χ0) is 21.9. The van der Waals surface area contributed by atoms with Crippen LogP contribution in [0.1, 0.15) is 25.0 Å². The average molecular weight is 429 g/mol. The molecule has 2 aromatic carbocycles. The summed E-state index contributed by atoms with van der Waals surface area (Å²) in [6.07, 6.45) is 4.24. The third kappa shape index (κ3) is 5.21. The number of fused-ring (bicyclic) bond motifs is 1. The summed E-state index contributed by atoms with van der Waals surface area (Å²) in [6.45, 7) is 6.17. The highest BCUT2D eigenvalue weighted by Crippen LogP contribution is 2.33. The van der Waals surface area contributed by atoms with E-state index in [1.54, 1.807) is 30.5 Å². The predicted molar refractivity (Wildman–Crippen MR) is 119 cm³/mol. The van der Waals surface area contributed by atoms with E-state index < -0.39 is 10.0 Å². The Morgan fingerprint density at radius 1 is 1.20 bits per heavy atom. The number of rotatable bonds is 7. The van der Waals surface area contributed by atoms with E-state index in [0.29, 0.717) is 23.7 Å². The Balaban J connectivity index is 1.86. The van der Waals surface area contributed by atoms with Crippen LogP contribution in [-0.4, -0.2) is 27.2 Å². The van der Waals surface area contributed by atoms with Crippen LogP contribution in [-0.2, 0) is 14.8 Å². The van der Waals surface area contributed by atoms with Gasteiger partial charge in [-0.25, -0.2) is 8.42 Å². The Morgan fingerprint density at radius 2 is 1.93 bits per heavy atom. The highest BCUT2D eigenvalue weighted by molar-refractivity contribution is 7.92. The van der Waals surface area contributed by atoms with Crippen molar-refractivity contribution in [3.05, 3.63) is 59.9 Å². The zero-order valence-corrected chi connectivity index (χ0v) is 18.1. The number of allylic oxidation sites excluding steroid dienone is 1. The molecule has 0 saturated carbocycles. The van der Waals surface area contributed by atoms with Crippen LogP contribution in [0.5, 0.6) is 5.75 Å². The molecule has 1 heterocycles. The van der Waals surface area contributed by atoms with Crippen molar-refractivity contribution in [2.75, 3.05) is 22.9 Å². The van der Waals surface area contributed by atoms with Crippen LogP contribution in [0, 0.1) is 6.92 Å². The molecule has 30 heavy (non-hydrogen) atoms. The highest BCUT2D eigenvalue weighted by Gasteiger charge is 2.13. The fraction of sp³-hybridized carbons (Fsp3) is 0.227. The van der Waals surface area contributed by atoms with Crippen molar-refractivity contribution < 1.29 is 22.4 Å². The van der Waals surface area contributed by atoms with E-state index in [0.717, 1.165) is 33.9 Å². The Bertz CT molecular complexity index is 1230. The van der Waals surface area contributed by atoms with Gasteiger partial charge < -0.3 is 14.5 Å². The number of aryl methyl sites for hydroxylation is 1. The summed E-state index contributed by atoms with van der Waals surface area (Å²) in [7, 11) is -3.40. The Morgan fingerprint density at radius 3 is 2.63 bits per heavy atom. The normalized spacial score (nSPS) is 12.1. The number of amides is 1. The zero-order valence-electron chi connectivity index (χ0n) is 17.3. The number of benzene rings is 2. The number of hydrogen-bond donors (Lipinski definition) is 2. The SMILES string of the molecule is CCOc1cc2occ(C)c2cc1/C(C)=C/C(=O)Nc1cccc(NS(C)(=O)=O)c1. The molecule has 0 spiro atoms. The quantitative estimate of drug-likeness (QED) is 0.538. The minimum atomic E-state index is -3.40. The molecule has 0 radical (unpaired) electrons. The second kappa shape index (κ2) is 8.62. The summed E-state index contributed by atoms with van der Waals surface area (Å²) in [5.74, 6) is 0.302. The van der Waals surface area contributed by atoms with E-state index in [4.69, 9.17) is 9.15 Å². The van der Waals surface area contributed by atoms with E-state index in [1.165, 1.54) is 6.08 Å². The van der Waals surface area contributed by atoms with Gasteiger partial charge in [-0.1, -0.05) is 6.07 Å². The maximum atomic E-state index is 12.6. The maximum absolute atomic E-state index is 12.6. The van der Waals surface area contributed by atoms with Gasteiger partial charge in [-0.2, -0.15) is 0 Å². The third-order valence-corrected chi connectivity index (χ3v) is 4.98. The van der Waals surface area contributed by atoms with Gasteiger partial charge in [0.05, 0.1) is 24.8 Å². The lowest BCUT2D eigenvalue weighted by Crippen LogP contribution is -2.11. The largest absolute Gasteiger partial charge is 0.493 e. The third-order valence-electron chi connectivity index (χ3n) is 4.37. The molecule has 3 aromatic rings. The molecule has 1 aromatic heterocycles. The Labute approximate surface area is 175 Å². The minimum Gasteiger partial charge on any atom is -0.493 e. The van der Waals surface area contributed by atoms with Gasteiger partial charge in [0.15, 0.2) is 0 Å². The second-order valence-electron chi connectivity index (χ2n) is 6.97. The molecule has 1 amide bonds. The smallest absolute Gasteiger partial charge is 0.248 e. The van der Waals surface area contributed by atoms with E-state index in [2.05, 4.69) is 10.0 Å². The van der Waals surface area contributed by atoms with E-state index >= 15 is 0 Å². The fourth-order valence-electron chi connectivity index (χ4n) is 3.09. The molecule has 0 saturated heterocycles. The molecule has 7 nitrogen and oxygen atoms in total. The number of anilines is 2. The first-order chi connectivity index (χ1) is 14.2. The Kier molecular flexibility index (Phi) is 6.17. The lowest BCUT2D eigenvalue weighted by atomic mass is 10.0. The minimum absolute atomic E-state index is 0.338. The number of carbonyl (C=O) groups excluding carboxylic acids is 1. The Hall–Kier alpha value is -3.26. The van der Waals surface area contributed by atoms with Crippen molar-refractivity contribution in [1.82, 2.24) is 0 Å². The topological polar surface area (TPSA) is 97.6 Å². The molecule has 0 aliphatic carbocycles. The highest BCUT2D eigenvalue weighted by atomic mass is 32.2. The summed E-state index contributed by atoms with van der Waals surface area (Å²) in [5, 5.41) is 3.71. The maximum Gasteiger partial charge on any atom is 0.248 e. The van der Waals surface area contributed by atoms with Gasteiger partial charge in [-0.15, -0.1) is 0 Å². The molecule has 8 heteroatoms. The summed E-state index contributed by atoms with van der Waals surface area (Å²) in [4.78, 5) is 12.6. The van der Waals surface area contributed by atoms with E-state index in [9.17, 15) is 13.2 Å². The molecule has 0 unspecified atom stereocenters. The monoisotopic (exact) mass is 428 g/mol. The molecule has 0 bridgehead atoms.